The van der Waals surface area contributed by atoms with Crippen molar-refractivity contribution < 1.29 is 9.59 Å². The molecule has 0 aliphatic rings. The Morgan fingerprint density at radius 3 is 2.10 bits per heavy atom. The number of thioether (sulfide) groups is 1. The van der Waals surface area contributed by atoms with Gasteiger partial charge in [-0.05, 0) is 54.1 Å². The van der Waals surface area contributed by atoms with Crippen LogP contribution in [0.5, 0.6) is 0 Å². The van der Waals surface area contributed by atoms with E-state index < -0.39 is 0 Å². The van der Waals surface area contributed by atoms with Crippen molar-refractivity contribution in [2.45, 2.75) is 11.3 Å². The summed E-state index contributed by atoms with van der Waals surface area (Å²) in [4.78, 5) is 25.3. The van der Waals surface area contributed by atoms with E-state index in [1.165, 1.54) is 11.8 Å². The van der Waals surface area contributed by atoms with Gasteiger partial charge >= 0.3 is 0 Å². The summed E-state index contributed by atoms with van der Waals surface area (Å²) < 4.78 is 0. The lowest BCUT2D eigenvalue weighted by Crippen LogP contribution is -2.15. The highest BCUT2D eigenvalue weighted by Crippen LogP contribution is 2.24. The molecule has 154 valence electrons. The van der Waals surface area contributed by atoms with Gasteiger partial charge in [-0.2, -0.15) is 0 Å². The average molecular weight is 480 g/mol. The minimum Gasteiger partial charge on any atom is -0.326 e. The first-order chi connectivity index (χ1) is 14.4. The van der Waals surface area contributed by atoms with Gasteiger partial charge in [-0.15, -0.1) is 11.8 Å². The molecule has 0 spiro atoms. The van der Waals surface area contributed by atoms with Crippen molar-refractivity contribution in [3.05, 3.63) is 87.4 Å². The molecule has 0 aliphatic carbocycles. The van der Waals surface area contributed by atoms with Gasteiger partial charge in [0.15, 0.2) is 0 Å². The van der Waals surface area contributed by atoms with Crippen molar-refractivity contribution in [2.75, 3.05) is 16.4 Å². The van der Waals surface area contributed by atoms with Gasteiger partial charge in [0, 0.05) is 31.3 Å². The van der Waals surface area contributed by atoms with Gasteiger partial charge in [0.2, 0.25) is 11.8 Å². The van der Waals surface area contributed by atoms with Gasteiger partial charge in [0.05, 0.1) is 12.2 Å². The summed E-state index contributed by atoms with van der Waals surface area (Å²) in [6.45, 7) is 0. The molecule has 0 heterocycles. The topological polar surface area (TPSA) is 58.2 Å². The molecule has 0 fully saturated rings. The molecule has 8 heteroatoms. The average Bonchev–Trinajstić information content (AvgIpc) is 2.68. The Kier molecular flexibility index (Phi) is 8.05. The largest absolute Gasteiger partial charge is 0.326 e. The maximum Gasteiger partial charge on any atom is 0.234 e. The van der Waals surface area contributed by atoms with Crippen LogP contribution in [-0.4, -0.2) is 17.6 Å². The number of benzene rings is 3. The van der Waals surface area contributed by atoms with Gasteiger partial charge in [-0.1, -0.05) is 53.0 Å². The maximum absolute atomic E-state index is 12.3. The molecular weight excluding hydrogens is 463 g/mol. The van der Waals surface area contributed by atoms with E-state index in [-0.39, 0.29) is 24.0 Å². The third kappa shape index (κ3) is 7.26. The molecule has 3 aromatic carbocycles. The molecule has 30 heavy (non-hydrogen) atoms. The van der Waals surface area contributed by atoms with Crippen LogP contribution in [0.4, 0.5) is 11.4 Å². The molecule has 4 nitrogen and oxygen atoms in total. The fourth-order valence-corrected chi connectivity index (χ4v) is 4.04. The highest BCUT2D eigenvalue weighted by molar-refractivity contribution is 8.00. The Morgan fingerprint density at radius 1 is 0.733 bits per heavy atom. The third-order valence-electron chi connectivity index (χ3n) is 3.91. The molecule has 0 unspecified atom stereocenters. The molecule has 0 radical (unpaired) electrons. The van der Waals surface area contributed by atoms with E-state index in [0.717, 1.165) is 10.5 Å². The van der Waals surface area contributed by atoms with Crippen molar-refractivity contribution in [2.24, 2.45) is 0 Å². The second-order valence-corrected chi connectivity index (χ2v) is 8.73. The van der Waals surface area contributed by atoms with E-state index >= 15 is 0 Å². The Bertz CT molecular complexity index is 1040. The summed E-state index contributed by atoms with van der Waals surface area (Å²) in [5.41, 5.74) is 2.09. The van der Waals surface area contributed by atoms with Gasteiger partial charge < -0.3 is 10.6 Å². The number of amides is 2. The summed E-state index contributed by atoms with van der Waals surface area (Å²) >= 11 is 19.1. The van der Waals surface area contributed by atoms with Crippen molar-refractivity contribution in [1.82, 2.24) is 0 Å². The van der Waals surface area contributed by atoms with E-state index in [4.69, 9.17) is 34.8 Å². The standard InChI is InChI=1S/C22H17Cl3N2O2S/c23-15-6-4-14(5-7-15)8-21(28)26-18-2-1-3-20(12-18)30-13-22(29)27-19-10-16(24)9-17(25)11-19/h1-7,9-12H,8,13H2,(H,26,28)(H,27,29). The van der Waals surface area contributed by atoms with E-state index in [0.29, 0.717) is 26.4 Å². The first kappa shape index (κ1) is 22.5. The highest BCUT2D eigenvalue weighted by Gasteiger charge is 2.08. The lowest BCUT2D eigenvalue weighted by molar-refractivity contribution is -0.115. The van der Waals surface area contributed by atoms with Crippen LogP contribution in [0.3, 0.4) is 0 Å². The Balaban J connectivity index is 1.52. The second kappa shape index (κ2) is 10.7. The lowest BCUT2D eigenvalue weighted by atomic mass is 10.1. The Labute approximate surface area is 193 Å². The number of hydrogen-bond donors (Lipinski definition) is 2. The Morgan fingerprint density at radius 2 is 1.40 bits per heavy atom. The molecule has 0 saturated heterocycles. The predicted octanol–water partition coefficient (Wildman–Crippen LogP) is 6.56. The van der Waals surface area contributed by atoms with Crippen LogP contribution in [0.25, 0.3) is 0 Å². The van der Waals surface area contributed by atoms with Crippen LogP contribution in [0.1, 0.15) is 5.56 Å². The molecule has 3 rings (SSSR count). The zero-order valence-electron chi connectivity index (χ0n) is 15.6. The predicted molar refractivity (Wildman–Crippen MR) is 126 cm³/mol. The number of carbonyl (C=O) groups excluding carboxylic acids is 2. The van der Waals surface area contributed by atoms with Crippen LogP contribution >= 0.6 is 46.6 Å². The van der Waals surface area contributed by atoms with Crippen LogP contribution in [0.2, 0.25) is 15.1 Å². The highest BCUT2D eigenvalue weighted by atomic mass is 35.5. The summed E-state index contributed by atoms with van der Waals surface area (Å²) in [5.74, 6) is -0.114. The van der Waals surface area contributed by atoms with Crippen LogP contribution in [-0.2, 0) is 16.0 Å². The maximum atomic E-state index is 12.3. The Hall–Kier alpha value is -2.18. The molecule has 2 amide bonds. The van der Waals surface area contributed by atoms with Gasteiger partial charge in [-0.25, -0.2) is 0 Å². The molecule has 0 atom stereocenters. The molecule has 0 aliphatic heterocycles. The van der Waals surface area contributed by atoms with E-state index in [1.807, 2.05) is 30.3 Å². The monoisotopic (exact) mass is 478 g/mol. The molecule has 0 bridgehead atoms. The smallest absolute Gasteiger partial charge is 0.234 e. The molecule has 3 aromatic rings. The van der Waals surface area contributed by atoms with E-state index in [1.54, 1.807) is 36.4 Å². The van der Waals surface area contributed by atoms with Crippen molar-refractivity contribution >= 4 is 69.8 Å². The summed E-state index contributed by atoms with van der Waals surface area (Å²) in [5, 5.41) is 7.17. The van der Waals surface area contributed by atoms with Crippen LogP contribution < -0.4 is 10.6 Å². The number of hydrogen-bond acceptors (Lipinski definition) is 3. The summed E-state index contributed by atoms with van der Waals surface area (Å²) in [7, 11) is 0. The second-order valence-electron chi connectivity index (χ2n) is 6.37. The first-order valence-corrected chi connectivity index (χ1v) is 11.0. The van der Waals surface area contributed by atoms with E-state index in [9.17, 15) is 9.59 Å². The van der Waals surface area contributed by atoms with E-state index in [2.05, 4.69) is 10.6 Å². The lowest BCUT2D eigenvalue weighted by Gasteiger charge is -2.09. The van der Waals surface area contributed by atoms with Crippen molar-refractivity contribution in [3.63, 3.8) is 0 Å². The minimum absolute atomic E-state index is 0.130. The van der Waals surface area contributed by atoms with Gasteiger partial charge in [0.25, 0.3) is 0 Å². The number of anilines is 2. The fourth-order valence-electron chi connectivity index (χ4n) is 2.63. The minimum atomic E-state index is -0.185. The molecule has 0 saturated carbocycles. The molecular formula is C22H17Cl3N2O2S. The first-order valence-electron chi connectivity index (χ1n) is 8.90. The SMILES string of the molecule is O=C(CSc1cccc(NC(=O)Cc2ccc(Cl)cc2)c1)Nc1cc(Cl)cc(Cl)c1. The fraction of sp³-hybridized carbons (Fsp3) is 0.0909. The molecule has 2 N–H and O–H groups in total. The van der Waals surface area contributed by atoms with Gasteiger partial charge in [-0.3, -0.25) is 9.59 Å². The number of halogens is 3. The zero-order chi connectivity index (χ0) is 21.5. The quantitative estimate of drug-likeness (QED) is 0.377. The summed E-state index contributed by atoms with van der Waals surface area (Å²) in [6.07, 6.45) is 0.249. The third-order valence-corrected chi connectivity index (χ3v) is 5.59. The number of rotatable bonds is 7. The number of carbonyl (C=O) groups is 2. The summed E-state index contributed by atoms with van der Waals surface area (Å²) in [6, 6.07) is 19.3. The number of nitrogens with one attached hydrogen (secondary N) is 2. The van der Waals surface area contributed by atoms with Crippen LogP contribution in [0, 0.1) is 0 Å². The van der Waals surface area contributed by atoms with Crippen molar-refractivity contribution in [1.29, 1.82) is 0 Å². The molecule has 0 aromatic heterocycles. The van der Waals surface area contributed by atoms with Crippen LogP contribution in [0.15, 0.2) is 71.6 Å². The zero-order valence-corrected chi connectivity index (χ0v) is 18.7. The normalized spacial score (nSPS) is 10.5. The van der Waals surface area contributed by atoms with Crippen molar-refractivity contribution in [3.8, 4) is 0 Å². The van der Waals surface area contributed by atoms with Gasteiger partial charge in [0.1, 0.15) is 0 Å².